The highest BCUT2D eigenvalue weighted by atomic mass is 32.2. The topological polar surface area (TPSA) is 93.3 Å². The van der Waals surface area contributed by atoms with E-state index in [2.05, 4.69) is 37.9 Å². The van der Waals surface area contributed by atoms with E-state index in [1.807, 2.05) is 19.0 Å². The first-order valence-electron chi connectivity index (χ1n) is 24.1. The number of hydrogen-bond acceptors (Lipinski definition) is 6. The molecule has 0 atom stereocenters. The van der Waals surface area contributed by atoms with Crippen LogP contribution in [0.15, 0.2) is 0 Å². The monoisotopic (exact) mass is 866 g/mol. The standard InChI is InChI=1S/C45H95N5O4S3/c1-7-11-15-30-41-49(39-13-9-3)56(51,52)43-33-25-21-17-19-23-28-36-48(38-32-27-35-46-45(55)47(5)6)37-29-24-20-18-22-26-34-44-57(53,54)50(40-14-10-4)42-31-16-12-8-2/h7-44H2,1-6H3,(H,46,55). The van der Waals surface area contributed by atoms with Gasteiger partial charge in [0.2, 0.25) is 20.0 Å². The number of nitrogens with zero attached hydrogens (tertiary/aromatic N) is 4. The molecule has 57 heavy (non-hydrogen) atoms. The zero-order valence-corrected chi connectivity index (χ0v) is 41.0. The lowest BCUT2D eigenvalue weighted by Gasteiger charge is -2.23. The Morgan fingerprint density at radius 3 is 1.07 bits per heavy atom. The normalized spacial score (nSPS) is 12.4. The van der Waals surface area contributed by atoms with E-state index in [-0.39, 0.29) is 0 Å². The highest BCUT2D eigenvalue weighted by Gasteiger charge is 2.21. The van der Waals surface area contributed by atoms with Gasteiger partial charge in [0, 0.05) is 46.8 Å². The lowest BCUT2D eigenvalue weighted by molar-refractivity contribution is 0.255. The smallest absolute Gasteiger partial charge is 0.214 e. The molecule has 9 nitrogen and oxygen atoms in total. The van der Waals surface area contributed by atoms with Crippen molar-refractivity contribution in [2.24, 2.45) is 0 Å². The number of unbranched alkanes of at least 4 members (excludes halogenated alkanes) is 21. The van der Waals surface area contributed by atoms with Crippen LogP contribution in [0.2, 0.25) is 0 Å². The van der Waals surface area contributed by atoms with E-state index in [4.69, 9.17) is 12.2 Å². The second-order valence-electron chi connectivity index (χ2n) is 16.9. The van der Waals surface area contributed by atoms with Gasteiger partial charge in [0.15, 0.2) is 5.11 Å². The minimum Gasteiger partial charge on any atom is -0.363 e. The SMILES string of the molecule is CCCCCCN(CCCC)S(=O)(=O)CCCCCCCCCN(CCCCCCCCCS(=O)(=O)N(CCCC)CCCCCC)CCCCNC(=S)N(C)C. The molecule has 0 rings (SSSR count). The van der Waals surface area contributed by atoms with E-state index >= 15 is 0 Å². The summed E-state index contributed by atoms with van der Waals surface area (Å²) >= 11 is 5.38. The molecule has 0 spiro atoms. The molecule has 0 heterocycles. The fourth-order valence-electron chi connectivity index (χ4n) is 7.29. The van der Waals surface area contributed by atoms with E-state index in [1.165, 1.54) is 77.0 Å². The molecule has 0 fully saturated rings. The molecule has 0 aromatic rings. The number of sulfonamides is 2. The number of nitrogens with one attached hydrogen (secondary N) is 1. The van der Waals surface area contributed by atoms with Crippen LogP contribution in [0.25, 0.3) is 0 Å². The first kappa shape index (κ1) is 56.5. The van der Waals surface area contributed by atoms with Crippen molar-refractivity contribution in [3.8, 4) is 0 Å². The third kappa shape index (κ3) is 32.9. The summed E-state index contributed by atoms with van der Waals surface area (Å²) in [5, 5.41) is 4.15. The molecular weight excluding hydrogens is 771 g/mol. The van der Waals surface area contributed by atoms with Crippen LogP contribution < -0.4 is 5.32 Å². The number of rotatable bonds is 43. The van der Waals surface area contributed by atoms with Gasteiger partial charge in [-0.15, -0.1) is 0 Å². The van der Waals surface area contributed by atoms with Gasteiger partial charge in [-0.1, -0.05) is 143 Å². The molecule has 0 aliphatic carbocycles. The van der Waals surface area contributed by atoms with Gasteiger partial charge in [-0.3, -0.25) is 0 Å². The maximum atomic E-state index is 13.1. The zero-order chi connectivity index (χ0) is 42.5. The van der Waals surface area contributed by atoms with Crippen LogP contribution in [0, 0.1) is 0 Å². The Hall–Kier alpha value is -0.530. The average Bonchev–Trinajstić information content (AvgIpc) is 3.18. The lowest BCUT2D eigenvalue weighted by atomic mass is 10.1. The molecular formula is C45H95N5O4S3. The van der Waals surface area contributed by atoms with E-state index < -0.39 is 20.0 Å². The molecule has 0 bridgehead atoms. The summed E-state index contributed by atoms with van der Waals surface area (Å²) in [5.74, 6) is 0.606. The van der Waals surface area contributed by atoms with Gasteiger partial charge in [0.25, 0.3) is 0 Å². The van der Waals surface area contributed by atoms with Crippen molar-refractivity contribution >= 4 is 37.4 Å². The molecule has 1 N–H and O–H groups in total. The maximum Gasteiger partial charge on any atom is 0.214 e. The highest BCUT2D eigenvalue weighted by molar-refractivity contribution is 7.89. The Morgan fingerprint density at radius 2 is 0.702 bits per heavy atom. The maximum absolute atomic E-state index is 13.1. The average molecular weight is 866 g/mol. The first-order chi connectivity index (χ1) is 27.4. The Bertz CT molecular complexity index is 1050. The van der Waals surface area contributed by atoms with Gasteiger partial charge in [-0.2, -0.15) is 0 Å². The summed E-state index contributed by atoms with van der Waals surface area (Å²) in [5.41, 5.74) is 0. The molecule has 0 aromatic heterocycles. The zero-order valence-electron chi connectivity index (χ0n) is 38.5. The van der Waals surface area contributed by atoms with Crippen LogP contribution in [0.5, 0.6) is 0 Å². The van der Waals surface area contributed by atoms with Gasteiger partial charge in [0.1, 0.15) is 0 Å². The fourth-order valence-corrected chi connectivity index (χ4v) is 10.7. The van der Waals surface area contributed by atoms with Crippen LogP contribution in [0.4, 0.5) is 0 Å². The molecule has 0 saturated heterocycles. The Balaban J connectivity index is 4.50. The van der Waals surface area contributed by atoms with Crippen molar-refractivity contribution in [1.29, 1.82) is 0 Å². The Morgan fingerprint density at radius 1 is 0.404 bits per heavy atom. The largest absolute Gasteiger partial charge is 0.363 e. The van der Waals surface area contributed by atoms with Crippen LogP contribution in [0.3, 0.4) is 0 Å². The third-order valence-electron chi connectivity index (χ3n) is 11.2. The van der Waals surface area contributed by atoms with E-state index in [1.54, 1.807) is 8.61 Å². The van der Waals surface area contributed by atoms with Crippen LogP contribution in [-0.4, -0.2) is 118 Å². The lowest BCUT2D eigenvalue weighted by Crippen LogP contribution is -2.35. The van der Waals surface area contributed by atoms with Crippen molar-refractivity contribution < 1.29 is 16.8 Å². The predicted molar refractivity (Wildman–Crippen MR) is 253 cm³/mol. The summed E-state index contributed by atoms with van der Waals surface area (Å²) in [6, 6.07) is 0. The quantitative estimate of drug-likeness (QED) is 0.0479. The molecule has 0 radical (unpaired) electrons. The highest BCUT2D eigenvalue weighted by Crippen LogP contribution is 2.16. The van der Waals surface area contributed by atoms with Crippen molar-refractivity contribution in [2.45, 2.75) is 207 Å². The minimum absolute atomic E-state index is 0.303. The summed E-state index contributed by atoms with van der Waals surface area (Å²) in [7, 11) is -2.35. The molecule has 0 amide bonds. The van der Waals surface area contributed by atoms with Crippen LogP contribution in [-0.2, 0) is 20.0 Å². The van der Waals surface area contributed by atoms with E-state index in [9.17, 15) is 16.8 Å². The summed E-state index contributed by atoms with van der Waals surface area (Å²) in [6.45, 7) is 15.7. The van der Waals surface area contributed by atoms with Crippen molar-refractivity contribution in [3.05, 3.63) is 0 Å². The molecule has 0 unspecified atom stereocenters. The van der Waals surface area contributed by atoms with Gasteiger partial charge >= 0.3 is 0 Å². The summed E-state index contributed by atoms with van der Waals surface area (Å²) in [6.07, 6.45) is 30.7. The van der Waals surface area contributed by atoms with Crippen molar-refractivity contribution in [2.75, 3.05) is 78.0 Å². The summed E-state index contributed by atoms with van der Waals surface area (Å²) < 4.78 is 55.9. The summed E-state index contributed by atoms with van der Waals surface area (Å²) in [4.78, 5) is 4.61. The first-order valence-corrected chi connectivity index (χ1v) is 27.7. The van der Waals surface area contributed by atoms with Crippen LogP contribution in [0.1, 0.15) is 207 Å². The number of hydrogen-bond donors (Lipinski definition) is 1. The Kier molecular flexibility index (Phi) is 38.0. The predicted octanol–water partition coefficient (Wildman–Crippen LogP) is 11.0. The third-order valence-corrected chi connectivity index (χ3v) is 15.6. The molecule has 0 aliphatic rings. The van der Waals surface area contributed by atoms with Crippen molar-refractivity contribution in [3.63, 3.8) is 0 Å². The van der Waals surface area contributed by atoms with Crippen molar-refractivity contribution in [1.82, 2.24) is 23.7 Å². The van der Waals surface area contributed by atoms with E-state index in [0.717, 1.165) is 134 Å². The number of thiocarbonyl (C=S) groups is 1. The van der Waals surface area contributed by atoms with Crippen LogP contribution >= 0.6 is 12.2 Å². The second-order valence-corrected chi connectivity index (χ2v) is 21.4. The van der Waals surface area contributed by atoms with Gasteiger partial charge in [-0.25, -0.2) is 25.4 Å². The second kappa shape index (κ2) is 38.4. The molecule has 0 aromatic carbocycles. The molecule has 0 saturated carbocycles. The van der Waals surface area contributed by atoms with Gasteiger partial charge in [0.05, 0.1) is 11.5 Å². The van der Waals surface area contributed by atoms with Gasteiger partial charge < -0.3 is 15.1 Å². The van der Waals surface area contributed by atoms with Gasteiger partial charge in [-0.05, 0) is 96.1 Å². The minimum atomic E-state index is -3.15. The fraction of sp³-hybridized carbons (Fsp3) is 0.978. The molecule has 0 aliphatic heterocycles. The Labute approximate surface area is 361 Å². The van der Waals surface area contributed by atoms with E-state index in [0.29, 0.717) is 37.7 Å². The molecule has 12 heteroatoms. The molecule has 342 valence electrons.